The number of nitrogens with zero attached hydrogens (tertiary/aromatic N) is 1. The molecule has 0 radical (unpaired) electrons. The van der Waals surface area contributed by atoms with Gasteiger partial charge in [0.2, 0.25) is 17.7 Å². The van der Waals surface area contributed by atoms with Crippen LogP contribution in [0.5, 0.6) is 11.5 Å². The van der Waals surface area contributed by atoms with Crippen LogP contribution in [0.25, 0.3) is 6.08 Å². The van der Waals surface area contributed by atoms with Gasteiger partial charge in [0.15, 0.2) is 0 Å². The zero-order valence-electron chi connectivity index (χ0n) is 20.0. The Morgan fingerprint density at radius 2 is 1.79 bits per heavy atom. The van der Waals surface area contributed by atoms with E-state index in [0.29, 0.717) is 30.3 Å². The van der Waals surface area contributed by atoms with Crippen molar-refractivity contribution in [2.45, 2.75) is 40.2 Å². The highest BCUT2D eigenvalue weighted by atomic mass is 16.5. The molecule has 3 rings (SSSR count). The Balaban J connectivity index is 1.64. The Labute approximate surface area is 199 Å². The molecule has 0 spiro atoms. The summed E-state index contributed by atoms with van der Waals surface area (Å²) < 4.78 is 11.6. The van der Waals surface area contributed by atoms with Crippen LogP contribution in [-0.2, 0) is 20.8 Å². The number of nitrogens with one attached hydrogen (secondary N) is 2. The number of benzene rings is 2. The number of hydrogen-bond acceptors (Lipinski definition) is 5. The van der Waals surface area contributed by atoms with Crippen LogP contribution >= 0.6 is 0 Å². The van der Waals surface area contributed by atoms with Crippen molar-refractivity contribution in [3.05, 3.63) is 53.6 Å². The van der Waals surface area contributed by atoms with E-state index >= 15 is 0 Å². The van der Waals surface area contributed by atoms with Crippen molar-refractivity contribution in [2.75, 3.05) is 30.3 Å². The number of likely N-dealkylation sites (N-methyl/N-ethyl adjacent to an activating group) is 1. The number of carbonyl (C=O) groups is 3. The maximum absolute atomic E-state index is 12.8. The lowest BCUT2D eigenvalue weighted by Crippen LogP contribution is -2.36. The molecule has 0 saturated heterocycles. The van der Waals surface area contributed by atoms with Gasteiger partial charge < -0.3 is 25.0 Å². The van der Waals surface area contributed by atoms with Gasteiger partial charge >= 0.3 is 0 Å². The van der Waals surface area contributed by atoms with Crippen LogP contribution in [-0.4, -0.2) is 48.4 Å². The quantitative estimate of drug-likeness (QED) is 0.548. The molecular weight excluding hydrogens is 434 g/mol. The first-order valence-corrected chi connectivity index (χ1v) is 11.4. The van der Waals surface area contributed by atoms with E-state index in [1.165, 1.54) is 17.9 Å². The summed E-state index contributed by atoms with van der Waals surface area (Å²) in [6.07, 6.45) is 4.08. The molecule has 0 fully saturated rings. The fourth-order valence-electron chi connectivity index (χ4n) is 3.69. The summed E-state index contributed by atoms with van der Waals surface area (Å²) in [7, 11) is 0. The van der Waals surface area contributed by atoms with E-state index in [1.54, 1.807) is 30.3 Å². The number of rotatable bonds is 9. The SMILES string of the molecule is CCOc1cc2c(cc1/C=C/C(=O)N(CC)CC(=O)Nc1ccc(NC(C)=O)cc1)OC(C)C2. The summed E-state index contributed by atoms with van der Waals surface area (Å²) >= 11 is 0. The molecule has 2 N–H and O–H groups in total. The maximum atomic E-state index is 12.8. The molecule has 0 saturated carbocycles. The predicted octanol–water partition coefficient (Wildman–Crippen LogP) is 3.87. The first-order valence-electron chi connectivity index (χ1n) is 11.4. The molecule has 34 heavy (non-hydrogen) atoms. The van der Waals surface area contributed by atoms with E-state index in [9.17, 15) is 14.4 Å². The molecule has 0 bridgehead atoms. The minimum Gasteiger partial charge on any atom is -0.493 e. The normalized spacial score (nSPS) is 14.3. The minimum absolute atomic E-state index is 0.0871. The summed E-state index contributed by atoms with van der Waals surface area (Å²) in [6.45, 7) is 7.97. The highest BCUT2D eigenvalue weighted by molar-refractivity contribution is 5.98. The van der Waals surface area contributed by atoms with Gasteiger partial charge in [-0.3, -0.25) is 14.4 Å². The van der Waals surface area contributed by atoms with Crippen molar-refractivity contribution in [3.63, 3.8) is 0 Å². The number of fused-ring (bicyclic) bond motifs is 1. The standard InChI is InChI=1S/C26H31N3O5/c1-5-29(16-25(31)28-22-10-8-21(9-11-22)27-18(4)30)26(32)12-7-19-14-24-20(13-17(3)34-24)15-23(19)33-6-2/h7-12,14-15,17H,5-6,13,16H2,1-4H3,(H,27,30)(H,28,31)/b12-7+. The first-order chi connectivity index (χ1) is 16.3. The Hall–Kier alpha value is -3.81. The molecule has 1 heterocycles. The Morgan fingerprint density at radius 3 is 2.41 bits per heavy atom. The highest BCUT2D eigenvalue weighted by Crippen LogP contribution is 2.35. The molecule has 1 unspecified atom stereocenters. The minimum atomic E-state index is -0.314. The Kier molecular flexibility index (Phi) is 8.29. The summed E-state index contributed by atoms with van der Waals surface area (Å²) in [5, 5.41) is 5.44. The first kappa shape index (κ1) is 24.8. The van der Waals surface area contributed by atoms with Gasteiger partial charge in [-0.1, -0.05) is 0 Å². The van der Waals surface area contributed by atoms with Crippen LogP contribution in [0, 0.1) is 0 Å². The van der Waals surface area contributed by atoms with E-state index in [-0.39, 0.29) is 30.4 Å². The van der Waals surface area contributed by atoms with Crippen LogP contribution in [0.3, 0.4) is 0 Å². The smallest absolute Gasteiger partial charge is 0.247 e. The van der Waals surface area contributed by atoms with Crippen molar-refractivity contribution >= 4 is 35.2 Å². The summed E-state index contributed by atoms with van der Waals surface area (Å²) in [5.74, 6) is 0.741. The van der Waals surface area contributed by atoms with Crippen molar-refractivity contribution in [2.24, 2.45) is 0 Å². The van der Waals surface area contributed by atoms with Crippen LogP contribution in [0.2, 0.25) is 0 Å². The van der Waals surface area contributed by atoms with Gasteiger partial charge in [-0.05, 0) is 63.2 Å². The van der Waals surface area contributed by atoms with E-state index in [1.807, 2.05) is 32.9 Å². The van der Waals surface area contributed by atoms with Crippen LogP contribution in [0.4, 0.5) is 11.4 Å². The second-order valence-corrected chi connectivity index (χ2v) is 8.06. The van der Waals surface area contributed by atoms with Gasteiger partial charge in [-0.15, -0.1) is 0 Å². The van der Waals surface area contributed by atoms with Gasteiger partial charge in [0.1, 0.15) is 24.1 Å². The van der Waals surface area contributed by atoms with Crippen molar-refractivity contribution in [1.82, 2.24) is 4.90 Å². The molecule has 0 aromatic heterocycles. The van der Waals surface area contributed by atoms with E-state index in [2.05, 4.69) is 10.6 Å². The topological polar surface area (TPSA) is 97.0 Å². The molecule has 1 aliphatic heterocycles. The Bertz CT molecular complexity index is 1080. The second-order valence-electron chi connectivity index (χ2n) is 8.06. The van der Waals surface area contributed by atoms with Gasteiger partial charge in [0.25, 0.3) is 0 Å². The largest absolute Gasteiger partial charge is 0.493 e. The molecule has 0 aliphatic carbocycles. The number of amides is 3. The Morgan fingerprint density at radius 1 is 1.12 bits per heavy atom. The molecule has 1 atom stereocenters. The summed E-state index contributed by atoms with van der Waals surface area (Å²) in [5.41, 5.74) is 3.06. The van der Waals surface area contributed by atoms with E-state index < -0.39 is 0 Å². The molecule has 3 amide bonds. The third kappa shape index (κ3) is 6.60. The molecule has 8 heteroatoms. The van der Waals surface area contributed by atoms with Crippen molar-refractivity contribution in [1.29, 1.82) is 0 Å². The van der Waals surface area contributed by atoms with E-state index in [0.717, 1.165) is 23.3 Å². The monoisotopic (exact) mass is 465 g/mol. The zero-order valence-corrected chi connectivity index (χ0v) is 20.0. The summed E-state index contributed by atoms with van der Waals surface area (Å²) in [4.78, 5) is 37.8. The second kappa shape index (κ2) is 11.4. The maximum Gasteiger partial charge on any atom is 0.247 e. The average molecular weight is 466 g/mol. The fraction of sp³-hybridized carbons (Fsp3) is 0.346. The van der Waals surface area contributed by atoms with Crippen LogP contribution in [0.1, 0.15) is 38.8 Å². The van der Waals surface area contributed by atoms with Gasteiger partial charge in [-0.25, -0.2) is 0 Å². The average Bonchev–Trinajstić information content (AvgIpc) is 3.15. The molecule has 2 aromatic carbocycles. The molecule has 8 nitrogen and oxygen atoms in total. The zero-order chi connectivity index (χ0) is 24.7. The third-order valence-electron chi connectivity index (χ3n) is 5.25. The lowest BCUT2D eigenvalue weighted by Gasteiger charge is -2.19. The summed E-state index contributed by atoms with van der Waals surface area (Å²) in [6, 6.07) is 10.6. The van der Waals surface area contributed by atoms with Crippen LogP contribution < -0.4 is 20.1 Å². The fourth-order valence-corrected chi connectivity index (χ4v) is 3.69. The van der Waals surface area contributed by atoms with Gasteiger partial charge in [0, 0.05) is 48.5 Å². The van der Waals surface area contributed by atoms with E-state index in [4.69, 9.17) is 9.47 Å². The molecule has 1 aliphatic rings. The number of ether oxygens (including phenoxy) is 2. The lowest BCUT2D eigenvalue weighted by molar-refractivity contribution is -0.130. The number of anilines is 2. The van der Waals surface area contributed by atoms with Gasteiger partial charge in [-0.2, -0.15) is 0 Å². The van der Waals surface area contributed by atoms with Gasteiger partial charge in [0.05, 0.1) is 6.61 Å². The molecule has 2 aromatic rings. The third-order valence-corrected chi connectivity index (χ3v) is 5.25. The highest BCUT2D eigenvalue weighted by Gasteiger charge is 2.21. The molecule has 180 valence electrons. The predicted molar refractivity (Wildman–Crippen MR) is 132 cm³/mol. The van der Waals surface area contributed by atoms with Crippen LogP contribution in [0.15, 0.2) is 42.5 Å². The lowest BCUT2D eigenvalue weighted by atomic mass is 10.1. The number of carbonyl (C=O) groups excluding carboxylic acids is 3. The molecular formula is C26H31N3O5. The van der Waals surface area contributed by atoms with Crippen molar-refractivity contribution < 1.29 is 23.9 Å². The number of hydrogen-bond donors (Lipinski definition) is 2. The van der Waals surface area contributed by atoms with Crippen molar-refractivity contribution in [3.8, 4) is 11.5 Å².